The molecule has 0 fully saturated rings. The summed E-state index contributed by atoms with van der Waals surface area (Å²) in [6.45, 7) is 4.69. The lowest BCUT2D eigenvalue weighted by molar-refractivity contribution is -0.438. The Balaban J connectivity index is 1.99. The molecule has 11 N–H and O–H groups in total. The standard InChI is InChI=1S/C44H62N6O21S5/c1-43(2)34(49(17-7-5-6-12-36(51)52)32-26-28(39(53)45-13-20-73(60,61)62)24-30(37(32)43)41(55)47-15-22-75(66,67)68)10-8-11-35-44(3,4)38-31(42(56)48-16-23-76(69,70)71)25-29(40(54)46-14-21-74(63,64)65)27-33(38)50(35)18-9-19-72(57,58)59/h8,10-11,24-27,41,47,55H,5-7,9,12-23H2,1-4H3,(H8-,45,46,48,51,52,53,54,56,57,58,59,60,61,62,63,64,65,66,67,68,69,70,71)/p+1. The topological polar surface area (TPSA) is 435 Å². The third-order valence-corrected chi connectivity index (χ3v) is 15.9. The number of carboxylic acids is 1. The van der Waals surface area contributed by atoms with Gasteiger partial charge >= 0.3 is 5.97 Å². The Labute approximate surface area is 440 Å². The van der Waals surface area contributed by atoms with E-state index in [0.717, 1.165) is 6.07 Å². The van der Waals surface area contributed by atoms with Crippen LogP contribution in [0.15, 0.2) is 48.2 Å². The molecule has 2 aromatic rings. The molecule has 76 heavy (non-hydrogen) atoms. The smallest absolute Gasteiger partial charge is 0.303 e. The van der Waals surface area contributed by atoms with Crippen LogP contribution in [0.4, 0.5) is 11.4 Å². The van der Waals surface area contributed by atoms with Crippen molar-refractivity contribution in [3.8, 4) is 0 Å². The molecular weight excluding hydrogens is 1110 g/mol. The van der Waals surface area contributed by atoms with Crippen LogP contribution < -0.4 is 26.2 Å². The van der Waals surface area contributed by atoms with Gasteiger partial charge in [0, 0.05) is 108 Å². The first-order chi connectivity index (χ1) is 34.8. The Kier molecular flexibility index (Phi) is 20.8. The van der Waals surface area contributed by atoms with Crippen LogP contribution in [-0.4, -0.2) is 177 Å². The molecule has 2 aliphatic rings. The van der Waals surface area contributed by atoms with E-state index in [-0.39, 0.29) is 65.9 Å². The van der Waals surface area contributed by atoms with Crippen molar-refractivity contribution in [2.24, 2.45) is 0 Å². The van der Waals surface area contributed by atoms with E-state index in [9.17, 15) is 94.2 Å². The molecule has 27 nitrogen and oxygen atoms in total. The fourth-order valence-electron chi connectivity index (χ4n) is 8.94. The van der Waals surface area contributed by atoms with Gasteiger partial charge in [0.15, 0.2) is 5.71 Å². The van der Waals surface area contributed by atoms with Crippen LogP contribution in [0.5, 0.6) is 0 Å². The van der Waals surface area contributed by atoms with Gasteiger partial charge in [-0.25, -0.2) is 0 Å². The van der Waals surface area contributed by atoms with Crippen molar-refractivity contribution in [2.75, 3.05) is 72.9 Å². The van der Waals surface area contributed by atoms with Gasteiger partial charge in [-0.15, -0.1) is 0 Å². The molecule has 2 heterocycles. The highest BCUT2D eigenvalue weighted by atomic mass is 32.2. The lowest BCUT2D eigenvalue weighted by Crippen LogP contribution is -2.33. The van der Waals surface area contributed by atoms with Crippen molar-refractivity contribution in [3.63, 3.8) is 0 Å². The molecule has 2 aromatic carbocycles. The SMILES string of the molecule is CC1(C)C(/C=C/C=C2/N(CCCS(=O)(=O)O)c3cc(C(=O)NCCS(=O)(=O)O)cc(C(=O)NCCS(=O)(=O)O)c3C2(C)C)=[N+](CCCCCC(=O)O)c2cc(C(=O)NCCS(=O)(=O)O)cc(C(O)NCCS(=O)(=O)O)c21. The number of amides is 3. The molecule has 0 saturated heterocycles. The Morgan fingerprint density at radius 1 is 0.618 bits per heavy atom. The molecule has 424 valence electrons. The van der Waals surface area contributed by atoms with Crippen LogP contribution in [0.2, 0.25) is 0 Å². The summed E-state index contributed by atoms with van der Waals surface area (Å²) in [7, 11) is -22.7. The van der Waals surface area contributed by atoms with Gasteiger partial charge in [0.25, 0.3) is 68.3 Å². The number of aliphatic carboxylic acids is 1. The number of anilines is 1. The minimum Gasteiger partial charge on any atom is -0.481 e. The van der Waals surface area contributed by atoms with E-state index in [0.29, 0.717) is 35.5 Å². The summed E-state index contributed by atoms with van der Waals surface area (Å²) in [4.78, 5) is 54.1. The minimum absolute atomic E-state index is 0.0491. The third kappa shape index (κ3) is 18.2. The molecule has 0 spiro atoms. The minimum atomic E-state index is -4.57. The highest BCUT2D eigenvalue weighted by molar-refractivity contribution is 7.86. The van der Waals surface area contributed by atoms with Gasteiger partial charge < -0.3 is 31.1 Å². The molecule has 0 radical (unpaired) electrons. The van der Waals surface area contributed by atoms with E-state index in [4.69, 9.17) is 0 Å². The van der Waals surface area contributed by atoms with Gasteiger partial charge in [-0.1, -0.05) is 19.9 Å². The molecule has 0 bridgehead atoms. The Bertz CT molecular complexity index is 3260. The predicted molar refractivity (Wildman–Crippen MR) is 276 cm³/mol. The zero-order chi connectivity index (χ0) is 57.4. The largest absolute Gasteiger partial charge is 0.481 e. The number of fused-ring (bicyclic) bond motifs is 2. The highest BCUT2D eigenvalue weighted by Crippen LogP contribution is 2.50. The molecule has 1 unspecified atom stereocenters. The van der Waals surface area contributed by atoms with Gasteiger partial charge in [0.05, 0.1) is 34.2 Å². The molecular formula is C44H63N6O21S5+. The summed E-state index contributed by atoms with van der Waals surface area (Å²) >= 11 is 0. The van der Waals surface area contributed by atoms with Crippen molar-refractivity contribution in [1.29, 1.82) is 0 Å². The lowest BCUT2D eigenvalue weighted by Gasteiger charge is -2.27. The Morgan fingerprint density at radius 2 is 1.12 bits per heavy atom. The number of benzene rings is 2. The molecule has 0 aliphatic carbocycles. The summed E-state index contributed by atoms with van der Waals surface area (Å²) in [5.41, 5.74) is -0.965. The maximum absolute atomic E-state index is 14.0. The number of rotatable bonds is 29. The quantitative estimate of drug-likeness (QED) is 0.0229. The summed E-state index contributed by atoms with van der Waals surface area (Å²) in [6.07, 6.45) is 3.80. The number of nitrogens with one attached hydrogen (secondary N) is 4. The van der Waals surface area contributed by atoms with Gasteiger partial charge in [0.1, 0.15) is 12.8 Å². The van der Waals surface area contributed by atoms with Crippen LogP contribution >= 0.6 is 0 Å². The first kappa shape index (κ1) is 63.3. The summed E-state index contributed by atoms with van der Waals surface area (Å²) in [6, 6.07) is 5.22. The van der Waals surface area contributed by atoms with Gasteiger partial charge in [-0.2, -0.15) is 46.7 Å². The predicted octanol–water partition coefficient (Wildman–Crippen LogP) is 0.545. The van der Waals surface area contributed by atoms with Crippen LogP contribution in [0.25, 0.3) is 0 Å². The van der Waals surface area contributed by atoms with E-state index in [1.807, 2.05) is 0 Å². The van der Waals surface area contributed by atoms with Crippen molar-refractivity contribution in [2.45, 2.75) is 76.9 Å². The molecule has 3 amide bonds. The van der Waals surface area contributed by atoms with Gasteiger partial charge in [-0.05, 0) is 57.4 Å². The van der Waals surface area contributed by atoms with E-state index in [1.54, 1.807) is 55.4 Å². The van der Waals surface area contributed by atoms with E-state index in [1.165, 1.54) is 18.2 Å². The van der Waals surface area contributed by atoms with Crippen LogP contribution in [0.1, 0.15) is 114 Å². The Morgan fingerprint density at radius 3 is 1.63 bits per heavy atom. The second-order valence-corrected chi connectivity index (χ2v) is 26.7. The van der Waals surface area contributed by atoms with Crippen molar-refractivity contribution < 1.29 is 98.8 Å². The van der Waals surface area contributed by atoms with Crippen molar-refractivity contribution in [1.82, 2.24) is 21.3 Å². The second-order valence-electron chi connectivity index (χ2n) is 18.8. The monoisotopic (exact) mass is 1170 g/mol. The van der Waals surface area contributed by atoms with Crippen molar-refractivity contribution in [3.05, 3.63) is 81.6 Å². The number of carbonyl (C=O) groups is 4. The number of hydrogen-bond acceptors (Lipinski definition) is 17. The molecule has 2 aliphatic heterocycles. The zero-order valence-electron chi connectivity index (χ0n) is 41.7. The van der Waals surface area contributed by atoms with Crippen LogP contribution in [0.3, 0.4) is 0 Å². The van der Waals surface area contributed by atoms with Crippen molar-refractivity contribution >= 4 is 91.4 Å². The second kappa shape index (κ2) is 25.0. The fourth-order valence-corrected chi connectivity index (χ4v) is 10.9. The van der Waals surface area contributed by atoms with E-state index < -0.39 is 146 Å². The molecule has 0 saturated carbocycles. The number of carbonyl (C=O) groups excluding carboxylic acids is 3. The number of aliphatic hydroxyl groups excluding tert-OH is 1. The van der Waals surface area contributed by atoms with Crippen LogP contribution in [-0.2, 0) is 66.2 Å². The zero-order valence-corrected chi connectivity index (χ0v) is 45.8. The first-order valence-corrected chi connectivity index (χ1v) is 31.3. The number of aliphatic hydroxyl groups is 1. The maximum Gasteiger partial charge on any atom is 0.303 e. The summed E-state index contributed by atoms with van der Waals surface area (Å²) in [5.74, 6) is -7.89. The average Bonchev–Trinajstić information content (AvgIpc) is 3.60. The maximum atomic E-state index is 14.0. The first-order valence-electron chi connectivity index (χ1n) is 23.2. The fraction of sp³-hybridized carbons (Fsp3) is 0.523. The highest BCUT2D eigenvalue weighted by Gasteiger charge is 2.48. The normalized spacial score (nSPS) is 16.4. The lowest BCUT2D eigenvalue weighted by atomic mass is 9.78. The molecule has 1 atom stereocenters. The average molecular weight is 1170 g/mol. The summed E-state index contributed by atoms with van der Waals surface area (Å²) < 4.78 is 165. The van der Waals surface area contributed by atoms with E-state index in [2.05, 4.69) is 21.3 Å². The van der Waals surface area contributed by atoms with E-state index >= 15 is 0 Å². The number of carboxylic acid groups (broad SMARTS) is 1. The van der Waals surface area contributed by atoms with Gasteiger partial charge in [-0.3, -0.25) is 47.3 Å². The number of unbranched alkanes of at least 4 members (excludes halogenated alkanes) is 2. The number of allylic oxidation sites excluding steroid dienone is 4. The number of nitrogens with zero attached hydrogens (tertiary/aromatic N) is 2. The van der Waals surface area contributed by atoms with Crippen LogP contribution in [0, 0.1) is 0 Å². The molecule has 32 heteroatoms. The molecule has 4 rings (SSSR count). The summed E-state index contributed by atoms with van der Waals surface area (Å²) in [5, 5.41) is 30.7. The Hall–Kier alpha value is -5.26. The number of hydrogen-bond donors (Lipinski definition) is 11. The van der Waals surface area contributed by atoms with Gasteiger partial charge in [0.2, 0.25) is 5.69 Å². The third-order valence-electron chi connectivity index (χ3n) is 12.2. The molecule has 0 aromatic heterocycles.